The second-order valence-electron chi connectivity index (χ2n) is 3.31. The van der Waals surface area contributed by atoms with Crippen molar-refractivity contribution >= 4 is 16.9 Å². The number of aryl methyl sites for hydroxylation is 1. The van der Waals surface area contributed by atoms with E-state index in [1.54, 1.807) is 13.0 Å². The molecule has 0 aliphatic heterocycles. The number of hydrogen-bond acceptors (Lipinski definition) is 3. The Hall–Kier alpha value is -2.10. The highest BCUT2D eigenvalue weighted by Gasteiger charge is 2.06. The van der Waals surface area contributed by atoms with Crippen molar-refractivity contribution in [3.05, 3.63) is 35.5 Å². The maximum atomic E-state index is 10.7. The number of rotatable bonds is 1. The number of fused-ring (bicyclic) bond motifs is 1. The molecule has 2 aromatic rings. The lowest BCUT2D eigenvalue weighted by molar-refractivity contribution is 0.0697. The first-order valence-corrected chi connectivity index (χ1v) is 4.41. The van der Waals surface area contributed by atoms with Gasteiger partial charge in [-0.15, -0.1) is 0 Å². The standard InChI is InChI=1S/C11H9NO3/c1-6-10(13)5-8-4-7(11(14)15)2-3-9(8)12-6/h2-5,13H,1H3,(H,14,15). The summed E-state index contributed by atoms with van der Waals surface area (Å²) in [6, 6.07) is 6.13. The Morgan fingerprint density at radius 1 is 1.33 bits per heavy atom. The number of benzene rings is 1. The van der Waals surface area contributed by atoms with Gasteiger partial charge in [-0.05, 0) is 31.2 Å². The summed E-state index contributed by atoms with van der Waals surface area (Å²) in [5.74, 6) is -0.915. The molecule has 2 N–H and O–H groups in total. The van der Waals surface area contributed by atoms with E-state index in [-0.39, 0.29) is 11.3 Å². The smallest absolute Gasteiger partial charge is 0.335 e. The van der Waals surface area contributed by atoms with Crippen LogP contribution < -0.4 is 0 Å². The van der Waals surface area contributed by atoms with Crippen LogP contribution in [-0.4, -0.2) is 21.2 Å². The molecule has 0 aliphatic carbocycles. The van der Waals surface area contributed by atoms with Crippen LogP contribution in [0.2, 0.25) is 0 Å². The molecule has 0 saturated carbocycles. The van der Waals surface area contributed by atoms with Crippen LogP contribution in [0, 0.1) is 6.92 Å². The number of hydrogen-bond donors (Lipinski definition) is 2. The molecule has 0 saturated heterocycles. The number of pyridine rings is 1. The van der Waals surface area contributed by atoms with Gasteiger partial charge in [-0.25, -0.2) is 9.78 Å². The summed E-state index contributed by atoms with van der Waals surface area (Å²) >= 11 is 0. The molecule has 1 heterocycles. The predicted octanol–water partition coefficient (Wildman–Crippen LogP) is 1.95. The first kappa shape index (κ1) is 9.45. The van der Waals surface area contributed by atoms with Crippen LogP contribution in [0.15, 0.2) is 24.3 Å². The van der Waals surface area contributed by atoms with E-state index >= 15 is 0 Å². The van der Waals surface area contributed by atoms with Gasteiger partial charge in [0.2, 0.25) is 0 Å². The third-order valence-electron chi connectivity index (χ3n) is 2.23. The van der Waals surface area contributed by atoms with Gasteiger partial charge < -0.3 is 10.2 Å². The average molecular weight is 203 g/mol. The SMILES string of the molecule is Cc1nc2ccc(C(=O)O)cc2cc1O. The summed E-state index contributed by atoms with van der Waals surface area (Å²) in [5, 5.41) is 18.8. The molecule has 0 unspecified atom stereocenters. The average Bonchev–Trinajstić information content (AvgIpc) is 2.19. The molecule has 0 amide bonds. The van der Waals surface area contributed by atoms with Gasteiger partial charge in [-0.2, -0.15) is 0 Å². The topological polar surface area (TPSA) is 70.4 Å². The number of carboxylic acid groups (broad SMARTS) is 1. The number of carboxylic acids is 1. The molecule has 4 heteroatoms. The lowest BCUT2D eigenvalue weighted by Crippen LogP contribution is -1.96. The molecule has 2 rings (SSSR count). The molecular formula is C11H9NO3. The van der Waals surface area contributed by atoms with Crippen molar-refractivity contribution in [2.45, 2.75) is 6.92 Å². The van der Waals surface area contributed by atoms with Crippen molar-refractivity contribution in [2.24, 2.45) is 0 Å². The fourth-order valence-corrected chi connectivity index (χ4v) is 1.39. The highest BCUT2D eigenvalue weighted by Crippen LogP contribution is 2.22. The van der Waals surface area contributed by atoms with E-state index in [1.807, 2.05) is 0 Å². The van der Waals surface area contributed by atoms with E-state index in [2.05, 4.69) is 4.98 Å². The fraction of sp³-hybridized carbons (Fsp3) is 0.0909. The van der Waals surface area contributed by atoms with Crippen LogP contribution in [0.3, 0.4) is 0 Å². The highest BCUT2D eigenvalue weighted by molar-refractivity contribution is 5.93. The summed E-state index contributed by atoms with van der Waals surface area (Å²) in [7, 11) is 0. The van der Waals surface area contributed by atoms with Crippen LogP contribution in [0.1, 0.15) is 16.1 Å². The van der Waals surface area contributed by atoms with Crippen LogP contribution in [0.25, 0.3) is 10.9 Å². The Morgan fingerprint density at radius 3 is 2.73 bits per heavy atom. The van der Waals surface area contributed by atoms with Crippen LogP contribution in [0.5, 0.6) is 5.75 Å². The Morgan fingerprint density at radius 2 is 2.07 bits per heavy atom. The summed E-state index contributed by atoms with van der Waals surface area (Å²) in [5.41, 5.74) is 1.40. The second kappa shape index (κ2) is 3.24. The summed E-state index contributed by atoms with van der Waals surface area (Å²) < 4.78 is 0. The normalized spacial score (nSPS) is 10.5. The van der Waals surface area contributed by atoms with E-state index in [9.17, 15) is 9.90 Å². The van der Waals surface area contributed by atoms with Crippen molar-refractivity contribution in [2.75, 3.05) is 0 Å². The minimum Gasteiger partial charge on any atom is -0.506 e. The van der Waals surface area contributed by atoms with Crippen molar-refractivity contribution in [3.8, 4) is 5.75 Å². The Bertz CT molecular complexity index is 549. The van der Waals surface area contributed by atoms with Crippen LogP contribution in [0.4, 0.5) is 0 Å². The molecular weight excluding hydrogens is 194 g/mol. The minimum absolute atomic E-state index is 0.0741. The van der Waals surface area contributed by atoms with E-state index in [1.165, 1.54) is 18.2 Å². The monoisotopic (exact) mass is 203 g/mol. The van der Waals surface area contributed by atoms with Crippen molar-refractivity contribution in [1.29, 1.82) is 0 Å². The third-order valence-corrected chi connectivity index (χ3v) is 2.23. The fourth-order valence-electron chi connectivity index (χ4n) is 1.39. The van der Waals surface area contributed by atoms with E-state index in [4.69, 9.17) is 5.11 Å². The summed E-state index contributed by atoms with van der Waals surface area (Å²) in [6.07, 6.45) is 0. The van der Waals surface area contributed by atoms with Gasteiger partial charge in [0.15, 0.2) is 0 Å². The van der Waals surface area contributed by atoms with Gasteiger partial charge in [0.25, 0.3) is 0 Å². The molecule has 0 fully saturated rings. The predicted molar refractivity (Wildman–Crippen MR) is 55.1 cm³/mol. The zero-order valence-electron chi connectivity index (χ0n) is 8.06. The maximum absolute atomic E-state index is 10.7. The Kier molecular flexibility index (Phi) is 2.04. The molecule has 0 radical (unpaired) electrons. The largest absolute Gasteiger partial charge is 0.506 e. The van der Waals surface area contributed by atoms with E-state index in [0.717, 1.165) is 0 Å². The Labute approximate surface area is 85.8 Å². The zero-order chi connectivity index (χ0) is 11.0. The highest BCUT2D eigenvalue weighted by atomic mass is 16.4. The maximum Gasteiger partial charge on any atom is 0.335 e. The number of aromatic nitrogens is 1. The molecule has 1 aromatic heterocycles. The van der Waals surface area contributed by atoms with Crippen molar-refractivity contribution in [3.63, 3.8) is 0 Å². The molecule has 0 aliphatic rings. The zero-order valence-corrected chi connectivity index (χ0v) is 8.06. The lowest BCUT2D eigenvalue weighted by Gasteiger charge is -2.02. The summed E-state index contributed by atoms with van der Waals surface area (Å²) in [4.78, 5) is 14.8. The molecule has 15 heavy (non-hydrogen) atoms. The minimum atomic E-state index is -0.989. The van der Waals surface area contributed by atoms with Gasteiger partial charge in [-0.1, -0.05) is 0 Å². The van der Waals surface area contributed by atoms with Gasteiger partial charge in [-0.3, -0.25) is 0 Å². The molecule has 0 spiro atoms. The van der Waals surface area contributed by atoms with Gasteiger partial charge in [0.1, 0.15) is 5.75 Å². The molecule has 0 atom stereocenters. The lowest BCUT2D eigenvalue weighted by atomic mass is 10.1. The molecule has 0 bridgehead atoms. The number of carbonyl (C=O) groups is 1. The van der Waals surface area contributed by atoms with Crippen molar-refractivity contribution in [1.82, 2.24) is 4.98 Å². The van der Waals surface area contributed by atoms with Crippen LogP contribution >= 0.6 is 0 Å². The van der Waals surface area contributed by atoms with Crippen molar-refractivity contribution < 1.29 is 15.0 Å². The van der Waals surface area contributed by atoms with Gasteiger partial charge >= 0.3 is 5.97 Å². The first-order chi connectivity index (χ1) is 7.08. The molecule has 4 nitrogen and oxygen atoms in total. The Balaban J connectivity index is 2.72. The number of aromatic hydroxyl groups is 1. The summed E-state index contributed by atoms with van der Waals surface area (Å²) in [6.45, 7) is 1.69. The third kappa shape index (κ3) is 1.61. The second-order valence-corrected chi connectivity index (χ2v) is 3.31. The van der Waals surface area contributed by atoms with E-state index in [0.29, 0.717) is 16.6 Å². The first-order valence-electron chi connectivity index (χ1n) is 4.41. The molecule has 76 valence electrons. The van der Waals surface area contributed by atoms with Gasteiger partial charge in [0, 0.05) is 5.39 Å². The van der Waals surface area contributed by atoms with E-state index < -0.39 is 5.97 Å². The van der Waals surface area contributed by atoms with Gasteiger partial charge in [0.05, 0.1) is 16.8 Å². The quantitative estimate of drug-likeness (QED) is 0.743. The van der Waals surface area contributed by atoms with Crippen LogP contribution in [-0.2, 0) is 0 Å². The number of nitrogens with zero attached hydrogens (tertiary/aromatic N) is 1. The molecule has 1 aromatic carbocycles. The number of aromatic carboxylic acids is 1.